The zero-order valence-electron chi connectivity index (χ0n) is 7.53. The van der Waals surface area contributed by atoms with Crippen LogP contribution in [0.3, 0.4) is 0 Å². The van der Waals surface area contributed by atoms with Gasteiger partial charge in [-0.1, -0.05) is 0 Å². The summed E-state index contributed by atoms with van der Waals surface area (Å²) in [4.78, 5) is 13.7. The molecular weight excluding hydrogens is 182 g/mol. The van der Waals surface area contributed by atoms with Crippen molar-refractivity contribution in [3.63, 3.8) is 0 Å². The molecule has 0 radical (unpaired) electrons. The van der Waals surface area contributed by atoms with E-state index in [1.54, 1.807) is 0 Å². The fraction of sp³-hybridized carbons (Fsp3) is 0.500. The number of carbonyl (C=O) groups excluding carboxylic acids is 1. The van der Waals surface area contributed by atoms with Gasteiger partial charge in [-0.3, -0.25) is 9.69 Å². The quantitative estimate of drug-likeness (QED) is 0.689. The molecule has 0 N–H and O–H groups in total. The number of likely N-dealkylation sites (tertiary alicyclic amines) is 1. The molecule has 70 valence electrons. The van der Waals surface area contributed by atoms with Crippen LogP contribution in [0.15, 0.2) is 11.4 Å². The minimum atomic E-state index is 0.842. The summed E-state index contributed by atoms with van der Waals surface area (Å²) >= 11 is 1.54. The Kier molecular flexibility index (Phi) is 2.76. The van der Waals surface area contributed by atoms with E-state index < -0.39 is 0 Å². The van der Waals surface area contributed by atoms with Gasteiger partial charge in [0.05, 0.1) is 4.88 Å². The molecule has 1 aliphatic heterocycles. The number of hydrogen-bond donors (Lipinski definition) is 0. The van der Waals surface area contributed by atoms with Gasteiger partial charge in [-0.2, -0.15) is 0 Å². The first-order valence-electron chi connectivity index (χ1n) is 4.63. The Bertz CT molecular complexity index is 289. The van der Waals surface area contributed by atoms with E-state index in [1.807, 2.05) is 6.07 Å². The largest absolute Gasteiger partial charge is 0.299 e. The zero-order valence-corrected chi connectivity index (χ0v) is 8.35. The van der Waals surface area contributed by atoms with Crippen molar-refractivity contribution < 1.29 is 4.79 Å². The summed E-state index contributed by atoms with van der Waals surface area (Å²) in [6.45, 7) is 3.45. The molecule has 2 rings (SSSR count). The fourth-order valence-corrected chi connectivity index (χ4v) is 2.44. The first-order valence-corrected chi connectivity index (χ1v) is 5.51. The lowest BCUT2D eigenvalue weighted by Gasteiger charge is -2.12. The standard InChI is InChI=1S/C10H13NOS/c12-7-10-5-9(8-13-10)6-11-3-1-2-4-11/h5,7-8H,1-4,6H2. The third-order valence-electron chi connectivity index (χ3n) is 2.40. The first kappa shape index (κ1) is 8.91. The Hall–Kier alpha value is -0.670. The molecule has 0 aliphatic carbocycles. The molecule has 1 aromatic rings. The maximum atomic E-state index is 10.5. The van der Waals surface area contributed by atoms with Crippen LogP contribution in [-0.4, -0.2) is 24.3 Å². The summed E-state index contributed by atoms with van der Waals surface area (Å²) in [5.74, 6) is 0. The smallest absolute Gasteiger partial charge is 0.160 e. The molecule has 0 bridgehead atoms. The molecule has 2 nitrogen and oxygen atoms in total. The predicted octanol–water partition coefficient (Wildman–Crippen LogP) is 2.16. The van der Waals surface area contributed by atoms with E-state index in [2.05, 4.69) is 10.3 Å². The monoisotopic (exact) mass is 195 g/mol. The van der Waals surface area contributed by atoms with E-state index >= 15 is 0 Å². The molecule has 1 aliphatic rings. The Labute approximate surface area is 82.2 Å². The van der Waals surface area contributed by atoms with Crippen molar-refractivity contribution in [3.05, 3.63) is 21.9 Å². The zero-order chi connectivity index (χ0) is 9.10. The van der Waals surface area contributed by atoms with Crippen LogP contribution in [0.25, 0.3) is 0 Å². The molecule has 0 atom stereocenters. The molecule has 0 spiro atoms. The number of rotatable bonds is 3. The highest BCUT2D eigenvalue weighted by Crippen LogP contribution is 2.17. The third-order valence-corrected chi connectivity index (χ3v) is 3.30. The number of hydrogen-bond acceptors (Lipinski definition) is 3. The van der Waals surface area contributed by atoms with Crippen molar-refractivity contribution in [2.24, 2.45) is 0 Å². The van der Waals surface area contributed by atoms with Crippen LogP contribution in [0.1, 0.15) is 28.1 Å². The average Bonchev–Trinajstić information content (AvgIpc) is 2.76. The SMILES string of the molecule is O=Cc1cc(CN2CCCC2)cs1. The highest BCUT2D eigenvalue weighted by atomic mass is 32.1. The van der Waals surface area contributed by atoms with Crippen molar-refractivity contribution in [1.29, 1.82) is 0 Å². The molecule has 3 heteroatoms. The highest BCUT2D eigenvalue weighted by Gasteiger charge is 2.12. The van der Waals surface area contributed by atoms with Gasteiger partial charge in [0, 0.05) is 6.54 Å². The molecule has 1 fully saturated rings. The summed E-state index contributed by atoms with van der Waals surface area (Å²) in [7, 11) is 0. The van der Waals surface area contributed by atoms with Crippen LogP contribution < -0.4 is 0 Å². The third kappa shape index (κ3) is 2.17. The van der Waals surface area contributed by atoms with Crippen molar-refractivity contribution in [3.8, 4) is 0 Å². The lowest BCUT2D eigenvalue weighted by Crippen LogP contribution is -2.17. The summed E-state index contributed by atoms with van der Waals surface area (Å²) in [5.41, 5.74) is 1.29. The van der Waals surface area contributed by atoms with Gasteiger partial charge in [-0.25, -0.2) is 0 Å². The van der Waals surface area contributed by atoms with Gasteiger partial charge < -0.3 is 0 Å². The Morgan fingerprint density at radius 1 is 1.46 bits per heavy atom. The van der Waals surface area contributed by atoms with Crippen LogP contribution in [0, 0.1) is 0 Å². The summed E-state index contributed by atoms with van der Waals surface area (Å²) in [6.07, 6.45) is 3.58. The van der Waals surface area contributed by atoms with Crippen molar-refractivity contribution in [2.45, 2.75) is 19.4 Å². The minimum absolute atomic E-state index is 0.842. The van der Waals surface area contributed by atoms with Crippen LogP contribution >= 0.6 is 11.3 Å². The number of carbonyl (C=O) groups is 1. The molecular formula is C10H13NOS. The molecule has 2 heterocycles. The summed E-state index contributed by atoms with van der Waals surface area (Å²) in [5, 5.41) is 2.09. The number of aldehydes is 1. The van der Waals surface area contributed by atoms with Crippen molar-refractivity contribution in [2.75, 3.05) is 13.1 Å². The van der Waals surface area contributed by atoms with Gasteiger partial charge in [0.25, 0.3) is 0 Å². The van der Waals surface area contributed by atoms with Gasteiger partial charge in [-0.15, -0.1) is 11.3 Å². The molecule has 0 saturated carbocycles. The molecule has 1 saturated heterocycles. The van der Waals surface area contributed by atoms with E-state index in [0.29, 0.717) is 0 Å². The van der Waals surface area contributed by atoms with E-state index in [0.717, 1.165) is 17.7 Å². The van der Waals surface area contributed by atoms with Crippen molar-refractivity contribution in [1.82, 2.24) is 4.90 Å². The van der Waals surface area contributed by atoms with Gasteiger partial charge >= 0.3 is 0 Å². The Morgan fingerprint density at radius 3 is 2.85 bits per heavy atom. The normalized spacial score (nSPS) is 17.8. The second-order valence-electron chi connectivity index (χ2n) is 3.46. The highest BCUT2D eigenvalue weighted by molar-refractivity contribution is 7.11. The maximum Gasteiger partial charge on any atom is 0.160 e. The van der Waals surface area contributed by atoms with Crippen LogP contribution in [0.5, 0.6) is 0 Å². The van der Waals surface area contributed by atoms with E-state index in [1.165, 1.54) is 42.8 Å². The summed E-state index contributed by atoms with van der Waals surface area (Å²) in [6, 6.07) is 2.00. The average molecular weight is 195 g/mol. The molecule has 1 aromatic heterocycles. The second-order valence-corrected chi connectivity index (χ2v) is 4.40. The topological polar surface area (TPSA) is 20.3 Å². The van der Waals surface area contributed by atoms with E-state index in [9.17, 15) is 4.79 Å². The molecule has 0 amide bonds. The van der Waals surface area contributed by atoms with E-state index in [-0.39, 0.29) is 0 Å². The van der Waals surface area contributed by atoms with Gasteiger partial charge in [0.1, 0.15) is 0 Å². The Balaban J connectivity index is 1.96. The van der Waals surface area contributed by atoms with Crippen LogP contribution in [0.4, 0.5) is 0 Å². The fourth-order valence-electron chi connectivity index (χ4n) is 1.74. The van der Waals surface area contributed by atoms with Gasteiger partial charge in [0.2, 0.25) is 0 Å². The number of nitrogens with zero attached hydrogens (tertiary/aromatic N) is 1. The minimum Gasteiger partial charge on any atom is -0.299 e. The summed E-state index contributed by atoms with van der Waals surface area (Å²) < 4.78 is 0. The predicted molar refractivity (Wildman–Crippen MR) is 54.2 cm³/mol. The van der Waals surface area contributed by atoms with Crippen molar-refractivity contribution >= 4 is 17.6 Å². The Morgan fingerprint density at radius 2 is 2.23 bits per heavy atom. The van der Waals surface area contributed by atoms with Crippen LogP contribution in [-0.2, 0) is 6.54 Å². The van der Waals surface area contributed by atoms with E-state index in [4.69, 9.17) is 0 Å². The second kappa shape index (κ2) is 4.03. The maximum absolute atomic E-state index is 10.5. The first-order chi connectivity index (χ1) is 6.38. The lowest BCUT2D eigenvalue weighted by atomic mass is 10.3. The van der Waals surface area contributed by atoms with Gasteiger partial charge in [0.15, 0.2) is 6.29 Å². The lowest BCUT2D eigenvalue weighted by molar-refractivity contribution is 0.112. The van der Waals surface area contributed by atoms with Crippen LogP contribution in [0.2, 0.25) is 0 Å². The van der Waals surface area contributed by atoms with Gasteiger partial charge in [-0.05, 0) is 42.9 Å². The molecule has 13 heavy (non-hydrogen) atoms. The molecule has 0 aromatic carbocycles. The molecule has 0 unspecified atom stereocenters. The number of thiophene rings is 1.